The van der Waals surface area contributed by atoms with Crippen LogP contribution in [0, 0.1) is 13.8 Å². The Balaban J connectivity index is 1.51. The Morgan fingerprint density at radius 1 is 0.966 bits per heavy atom. The van der Waals surface area contributed by atoms with Crippen LogP contribution in [0.2, 0.25) is 0 Å². The van der Waals surface area contributed by atoms with Crippen LogP contribution in [0.25, 0.3) is 0 Å². The average molecular weight is 385 g/mol. The number of rotatable bonds is 6. The monoisotopic (exact) mass is 385 g/mol. The molecule has 0 radical (unpaired) electrons. The molecule has 0 unspecified atom stereocenters. The lowest BCUT2D eigenvalue weighted by atomic mass is 10.1. The van der Waals surface area contributed by atoms with Gasteiger partial charge in [-0.05, 0) is 43.2 Å². The third-order valence-corrected chi connectivity index (χ3v) is 4.89. The van der Waals surface area contributed by atoms with Crippen molar-refractivity contribution in [3.05, 3.63) is 101 Å². The fourth-order valence-corrected chi connectivity index (χ4v) is 3.37. The Bertz CT molecular complexity index is 1110. The van der Waals surface area contributed by atoms with Gasteiger partial charge < -0.3 is 5.32 Å². The van der Waals surface area contributed by atoms with Crippen molar-refractivity contribution in [2.75, 3.05) is 5.32 Å². The zero-order valence-corrected chi connectivity index (χ0v) is 16.5. The third-order valence-electron chi connectivity index (χ3n) is 4.89. The first-order valence-electron chi connectivity index (χ1n) is 9.56. The highest BCUT2D eigenvalue weighted by molar-refractivity contribution is 6.05. The minimum atomic E-state index is -0.141. The van der Waals surface area contributed by atoms with E-state index in [9.17, 15) is 4.79 Å². The minimum Gasteiger partial charge on any atom is -0.319 e. The summed E-state index contributed by atoms with van der Waals surface area (Å²) in [7, 11) is 0. The van der Waals surface area contributed by atoms with Gasteiger partial charge in [-0.15, -0.1) is 0 Å². The molecule has 0 atom stereocenters. The van der Waals surface area contributed by atoms with Crippen LogP contribution in [0.4, 0.5) is 5.69 Å². The fraction of sp³-hybridized carbons (Fsp3) is 0.174. The highest BCUT2D eigenvalue weighted by Gasteiger charge is 2.16. The first-order valence-corrected chi connectivity index (χ1v) is 9.56. The molecule has 0 aliphatic carbocycles. The number of hydrogen-bond donors (Lipinski definition) is 1. The molecule has 0 saturated heterocycles. The van der Waals surface area contributed by atoms with E-state index >= 15 is 0 Å². The quantitative estimate of drug-likeness (QED) is 0.545. The molecule has 0 aliphatic heterocycles. The molecule has 0 spiro atoms. The van der Waals surface area contributed by atoms with Crippen molar-refractivity contribution in [1.82, 2.24) is 19.6 Å². The van der Waals surface area contributed by atoms with Crippen molar-refractivity contribution >= 4 is 11.6 Å². The number of carbonyl (C=O) groups excluding carboxylic acids is 1. The maximum atomic E-state index is 12.9. The van der Waals surface area contributed by atoms with Gasteiger partial charge in [-0.1, -0.05) is 42.5 Å². The highest BCUT2D eigenvalue weighted by atomic mass is 16.1. The second-order valence-electron chi connectivity index (χ2n) is 7.05. The summed E-state index contributed by atoms with van der Waals surface area (Å²) in [5.41, 5.74) is 5.32. The first kappa shape index (κ1) is 18.7. The van der Waals surface area contributed by atoms with Crippen molar-refractivity contribution in [2.24, 2.45) is 0 Å². The van der Waals surface area contributed by atoms with Gasteiger partial charge in [-0.2, -0.15) is 10.2 Å². The Hall–Kier alpha value is -3.67. The van der Waals surface area contributed by atoms with Crippen molar-refractivity contribution in [3.8, 4) is 0 Å². The van der Waals surface area contributed by atoms with Gasteiger partial charge in [0.05, 0.1) is 30.2 Å². The summed E-state index contributed by atoms with van der Waals surface area (Å²) in [6, 6.07) is 19.7. The van der Waals surface area contributed by atoms with E-state index in [1.165, 1.54) is 5.56 Å². The molecule has 0 bridgehead atoms. The Labute approximate surface area is 169 Å². The SMILES string of the molecule is Cc1nn(Cc2ccccc2)c(C)c1NC(=O)c1cccc(Cn2cccn2)c1. The van der Waals surface area contributed by atoms with Crippen LogP contribution in [0.3, 0.4) is 0 Å². The van der Waals surface area contributed by atoms with Crippen LogP contribution >= 0.6 is 0 Å². The van der Waals surface area contributed by atoms with E-state index < -0.39 is 0 Å². The molecule has 4 rings (SSSR count). The van der Waals surface area contributed by atoms with Crippen molar-refractivity contribution in [1.29, 1.82) is 0 Å². The normalized spacial score (nSPS) is 10.8. The molecule has 0 fully saturated rings. The smallest absolute Gasteiger partial charge is 0.255 e. The maximum absolute atomic E-state index is 12.9. The molecule has 4 aromatic rings. The summed E-state index contributed by atoms with van der Waals surface area (Å²) in [4.78, 5) is 12.9. The number of anilines is 1. The number of hydrogen-bond acceptors (Lipinski definition) is 3. The summed E-state index contributed by atoms with van der Waals surface area (Å²) in [6.45, 7) is 5.19. The van der Waals surface area contributed by atoms with Crippen molar-refractivity contribution < 1.29 is 4.79 Å². The molecule has 29 heavy (non-hydrogen) atoms. The zero-order valence-electron chi connectivity index (χ0n) is 16.5. The van der Waals surface area contributed by atoms with Crippen LogP contribution in [0.15, 0.2) is 73.1 Å². The number of aromatic nitrogens is 4. The lowest BCUT2D eigenvalue weighted by Gasteiger charge is -2.09. The number of benzene rings is 2. The van der Waals surface area contributed by atoms with E-state index in [1.807, 2.05) is 77.9 Å². The number of nitrogens with one attached hydrogen (secondary N) is 1. The molecule has 2 aromatic heterocycles. The molecule has 146 valence electrons. The van der Waals surface area contributed by atoms with Crippen LogP contribution in [0.5, 0.6) is 0 Å². The molecule has 6 heteroatoms. The van der Waals surface area contributed by atoms with Gasteiger partial charge >= 0.3 is 0 Å². The van der Waals surface area contributed by atoms with Crippen LogP contribution in [-0.4, -0.2) is 25.5 Å². The van der Waals surface area contributed by atoms with E-state index in [4.69, 9.17) is 0 Å². The van der Waals surface area contributed by atoms with E-state index in [1.54, 1.807) is 6.20 Å². The number of nitrogens with zero attached hydrogens (tertiary/aromatic N) is 4. The maximum Gasteiger partial charge on any atom is 0.255 e. The van der Waals surface area contributed by atoms with Crippen LogP contribution in [0.1, 0.15) is 32.9 Å². The van der Waals surface area contributed by atoms with Gasteiger partial charge in [-0.3, -0.25) is 14.2 Å². The fourth-order valence-electron chi connectivity index (χ4n) is 3.37. The summed E-state index contributed by atoms with van der Waals surface area (Å²) in [6.07, 6.45) is 3.65. The topological polar surface area (TPSA) is 64.7 Å². The number of carbonyl (C=O) groups is 1. The Kier molecular flexibility index (Phi) is 5.24. The Morgan fingerprint density at radius 2 is 1.76 bits per heavy atom. The minimum absolute atomic E-state index is 0.141. The van der Waals surface area contributed by atoms with Gasteiger partial charge in [0.25, 0.3) is 5.91 Å². The summed E-state index contributed by atoms with van der Waals surface area (Å²) < 4.78 is 3.76. The van der Waals surface area contributed by atoms with Gasteiger partial charge in [-0.25, -0.2) is 0 Å². The van der Waals surface area contributed by atoms with E-state index in [0.29, 0.717) is 18.7 Å². The van der Waals surface area contributed by atoms with E-state index in [0.717, 1.165) is 22.6 Å². The summed E-state index contributed by atoms with van der Waals surface area (Å²) in [5, 5.41) is 11.9. The second-order valence-corrected chi connectivity index (χ2v) is 7.05. The average Bonchev–Trinajstić information content (AvgIpc) is 3.33. The van der Waals surface area contributed by atoms with Gasteiger partial charge in [0.1, 0.15) is 0 Å². The Morgan fingerprint density at radius 3 is 2.52 bits per heavy atom. The van der Waals surface area contributed by atoms with E-state index in [-0.39, 0.29) is 5.91 Å². The predicted octanol–water partition coefficient (Wildman–Crippen LogP) is 4.05. The van der Waals surface area contributed by atoms with Crippen LogP contribution < -0.4 is 5.32 Å². The molecular weight excluding hydrogens is 362 g/mol. The summed E-state index contributed by atoms with van der Waals surface area (Å²) in [5.74, 6) is -0.141. The van der Waals surface area contributed by atoms with Gasteiger partial charge in [0, 0.05) is 18.0 Å². The molecule has 2 aromatic carbocycles. The molecule has 6 nitrogen and oxygen atoms in total. The lowest BCUT2D eigenvalue weighted by molar-refractivity contribution is 0.102. The zero-order chi connectivity index (χ0) is 20.2. The number of amides is 1. The van der Waals surface area contributed by atoms with Crippen molar-refractivity contribution in [3.63, 3.8) is 0 Å². The largest absolute Gasteiger partial charge is 0.319 e. The predicted molar refractivity (Wildman–Crippen MR) is 113 cm³/mol. The molecular formula is C23H23N5O. The van der Waals surface area contributed by atoms with Gasteiger partial charge in [0.2, 0.25) is 0 Å². The first-order chi connectivity index (χ1) is 14.1. The molecule has 1 amide bonds. The number of aryl methyl sites for hydroxylation is 1. The summed E-state index contributed by atoms with van der Waals surface area (Å²) >= 11 is 0. The molecule has 2 heterocycles. The molecule has 1 N–H and O–H groups in total. The van der Waals surface area contributed by atoms with E-state index in [2.05, 4.69) is 27.6 Å². The van der Waals surface area contributed by atoms with Gasteiger partial charge in [0.15, 0.2) is 0 Å². The molecule has 0 saturated carbocycles. The second kappa shape index (κ2) is 8.14. The molecule has 0 aliphatic rings. The highest BCUT2D eigenvalue weighted by Crippen LogP contribution is 2.21. The van der Waals surface area contributed by atoms with Crippen molar-refractivity contribution in [2.45, 2.75) is 26.9 Å². The standard InChI is InChI=1S/C23H23N5O/c1-17-22(18(2)28(26-17)16-19-8-4-3-5-9-19)25-23(29)21-11-6-10-20(14-21)15-27-13-7-12-24-27/h3-14H,15-16H2,1-2H3,(H,25,29). The van der Waals surface area contributed by atoms with Crippen LogP contribution in [-0.2, 0) is 13.1 Å². The third kappa shape index (κ3) is 4.27. The lowest BCUT2D eigenvalue weighted by Crippen LogP contribution is -2.14.